The third-order valence-electron chi connectivity index (χ3n) is 4.86. The monoisotopic (exact) mass is 387 g/mol. The Morgan fingerprint density at radius 1 is 1.04 bits per heavy atom. The van der Waals surface area contributed by atoms with Crippen molar-refractivity contribution in [3.8, 4) is 0 Å². The van der Waals surface area contributed by atoms with E-state index < -0.39 is 10.2 Å². The number of morpholine rings is 1. The van der Waals surface area contributed by atoms with Gasteiger partial charge in [-0.25, -0.2) is 4.72 Å². The number of halogens is 1. The van der Waals surface area contributed by atoms with Crippen LogP contribution in [0.3, 0.4) is 0 Å². The first kappa shape index (κ1) is 19.1. The molecule has 1 atom stereocenters. The molecule has 0 saturated carbocycles. The van der Waals surface area contributed by atoms with E-state index in [0.29, 0.717) is 37.9 Å². The fourth-order valence-corrected chi connectivity index (χ4v) is 4.83. The molecule has 2 aliphatic rings. The van der Waals surface area contributed by atoms with Gasteiger partial charge in [0.25, 0.3) is 10.2 Å². The van der Waals surface area contributed by atoms with Crippen molar-refractivity contribution >= 4 is 21.8 Å². The minimum Gasteiger partial charge on any atom is -0.379 e. The molecule has 6 nitrogen and oxygen atoms in total. The van der Waals surface area contributed by atoms with Crippen LogP contribution in [-0.2, 0) is 14.9 Å². The Morgan fingerprint density at radius 2 is 1.68 bits per heavy atom. The van der Waals surface area contributed by atoms with Crippen molar-refractivity contribution in [1.82, 2.24) is 13.9 Å². The van der Waals surface area contributed by atoms with Crippen LogP contribution in [-0.4, -0.2) is 63.6 Å². The molecule has 1 aromatic carbocycles. The Hall–Kier alpha value is -0.700. The lowest BCUT2D eigenvalue weighted by molar-refractivity contribution is 0.0171. The summed E-state index contributed by atoms with van der Waals surface area (Å²) in [6, 6.07) is 7.61. The summed E-state index contributed by atoms with van der Waals surface area (Å²) in [4.78, 5) is 2.27. The molecule has 1 unspecified atom stereocenters. The van der Waals surface area contributed by atoms with Crippen LogP contribution in [0.4, 0.5) is 0 Å². The van der Waals surface area contributed by atoms with E-state index >= 15 is 0 Å². The van der Waals surface area contributed by atoms with Gasteiger partial charge in [-0.1, -0.05) is 30.2 Å². The van der Waals surface area contributed by atoms with Crippen molar-refractivity contribution in [2.75, 3.05) is 45.9 Å². The quantitative estimate of drug-likeness (QED) is 0.811. The molecule has 1 aromatic rings. The maximum atomic E-state index is 12.6. The molecule has 0 aliphatic carbocycles. The second kappa shape index (κ2) is 8.79. The number of hydrogen-bond donors (Lipinski definition) is 1. The van der Waals surface area contributed by atoms with Crippen LogP contribution < -0.4 is 4.72 Å². The molecule has 2 heterocycles. The smallest absolute Gasteiger partial charge is 0.279 e. The minimum absolute atomic E-state index is 0.0271. The van der Waals surface area contributed by atoms with Crippen LogP contribution in [0.1, 0.15) is 30.9 Å². The second-order valence-corrected chi connectivity index (χ2v) is 8.72. The maximum absolute atomic E-state index is 12.6. The average molecular weight is 388 g/mol. The standard InChI is InChI=1S/C17H26ClN3O3S/c18-16-6-4-15(5-7-16)17(20-10-12-24-13-11-20)14-19-25(22,23)21-8-2-1-3-9-21/h4-7,17,19H,1-3,8-14H2. The van der Waals surface area contributed by atoms with Gasteiger partial charge in [0.2, 0.25) is 0 Å². The molecule has 0 aromatic heterocycles. The first-order chi connectivity index (χ1) is 12.1. The maximum Gasteiger partial charge on any atom is 0.279 e. The molecule has 25 heavy (non-hydrogen) atoms. The average Bonchev–Trinajstić information content (AvgIpc) is 2.65. The van der Waals surface area contributed by atoms with Gasteiger partial charge in [-0.3, -0.25) is 4.90 Å². The van der Waals surface area contributed by atoms with E-state index in [1.807, 2.05) is 24.3 Å². The van der Waals surface area contributed by atoms with Crippen molar-refractivity contribution in [1.29, 1.82) is 0 Å². The van der Waals surface area contributed by atoms with Gasteiger partial charge in [0.15, 0.2) is 0 Å². The summed E-state index contributed by atoms with van der Waals surface area (Å²) in [5.74, 6) is 0. The number of nitrogens with zero attached hydrogens (tertiary/aromatic N) is 2. The Morgan fingerprint density at radius 3 is 2.32 bits per heavy atom. The highest BCUT2D eigenvalue weighted by Crippen LogP contribution is 2.23. The first-order valence-corrected chi connectivity index (χ1v) is 10.7. The molecule has 0 spiro atoms. The van der Waals surface area contributed by atoms with Gasteiger partial charge < -0.3 is 4.74 Å². The molecule has 8 heteroatoms. The van der Waals surface area contributed by atoms with Gasteiger partial charge in [0.1, 0.15) is 0 Å². The summed E-state index contributed by atoms with van der Waals surface area (Å²) in [5, 5.41) is 0.679. The summed E-state index contributed by atoms with van der Waals surface area (Å²) in [6.45, 7) is 4.49. The summed E-state index contributed by atoms with van der Waals surface area (Å²) in [5.41, 5.74) is 1.06. The van der Waals surface area contributed by atoms with Crippen LogP contribution >= 0.6 is 11.6 Å². The molecular formula is C17H26ClN3O3S. The molecular weight excluding hydrogens is 362 g/mol. The number of rotatable bonds is 6. The predicted molar refractivity (Wildman–Crippen MR) is 98.9 cm³/mol. The van der Waals surface area contributed by atoms with Gasteiger partial charge in [-0.15, -0.1) is 0 Å². The molecule has 0 amide bonds. The zero-order chi connectivity index (χ0) is 17.7. The highest BCUT2D eigenvalue weighted by Gasteiger charge is 2.28. The van der Waals surface area contributed by atoms with E-state index in [2.05, 4.69) is 9.62 Å². The molecule has 2 aliphatic heterocycles. The van der Waals surface area contributed by atoms with E-state index in [1.165, 1.54) is 0 Å². The Kier molecular flexibility index (Phi) is 6.71. The molecule has 3 rings (SSSR count). The van der Waals surface area contributed by atoms with Gasteiger partial charge in [0.05, 0.1) is 13.2 Å². The third kappa shape index (κ3) is 5.15. The van der Waals surface area contributed by atoms with E-state index in [0.717, 1.165) is 37.9 Å². The molecule has 0 bridgehead atoms. The van der Waals surface area contributed by atoms with Crippen molar-refractivity contribution in [2.24, 2.45) is 0 Å². The van der Waals surface area contributed by atoms with Gasteiger partial charge in [-0.05, 0) is 30.5 Å². The lowest BCUT2D eigenvalue weighted by atomic mass is 10.1. The van der Waals surface area contributed by atoms with E-state index in [-0.39, 0.29) is 6.04 Å². The lowest BCUT2D eigenvalue weighted by Gasteiger charge is -2.35. The summed E-state index contributed by atoms with van der Waals surface area (Å²) in [7, 11) is -3.43. The van der Waals surface area contributed by atoms with Crippen LogP contribution in [0.25, 0.3) is 0 Å². The molecule has 2 saturated heterocycles. The third-order valence-corrected chi connectivity index (χ3v) is 6.68. The van der Waals surface area contributed by atoms with Crippen molar-refractivity contribution < 1.29 is 13.2 Å². The van der Waals surface area contributed by atoms with Crippen LogP contribution in [0.2, 0.25) is 5.02 Å². The highest BCUT2D eigenvalue weighted by atomic mass is 35.5. The minimum atomic E-state index is -3.43. The Labute approximate surface area is 155 Å². The summed E-state index contributed by atoms with van der Waals surface area (Å²) in [6.07, 6.45) is 2.98. The highest BCUT2D eigenvalue weighted by molar-refractivity contribution is 7.87. The normalized spacial score (nSPS) is 22.0. The van der Waals surface area contributed by atoms with Gasteiger partial charge in [0, 0.05) is 43.8 Å². The fourth-order valence-electron chi connectivity index (χ4n) is 3.41. The zero-order valence-electron chi connectivity index (χ0n) is 14.4. The van der Waals surface area contributed by atoms with Crippen LogP contribution in [0.5, 0.6) is 0 Å². The van der Waals surface area contributed by atoms with Crippen LogP contribution in [0, 0.1) is 0 Å². The molecule has 1 N–H and O–H groups in total. The number of hydrogen-bond acceptors (Lipinski definition) is 4. The Bertz CT molecular complexity index is 642. The van der Waals surface area contributed by atoms with E-state index in [9.17, 15) is 8.42 Å². The SMILES string of the molecule is O=S(=O)(NCC(c1ccc(Cl)cc1)N1CCOCC1)N1CCCCC1. The van der Waals surface area contributed by atoms with Crippen molar-refractivity contribution in [3.05, 3.63) is 34.9 Å². The second-order valence-electron chi connectivity index (χ2n) is 6.53. The predicted octanol–water partition coefficient (Wildman–Crippen LogP) is 2.03. The number of piperidine rings is 1. The van der Waals surface area contributed by atoms with Crippen LogP contribution in [0.15, 0.2) is 24.3 Å². The number of ether oxygens (including phenoxy) is 1. The Balaban J connectivity index is 1.71. The largest absolute Gasteiger partial charge is 0.379 e. The first-order valence-electron chi connectivity index (χ1n) is 8.88. The summed E-state index contributed by atoms with van der Waals surface area (Å²) < 4.78 is 35.0. The number of benzene rings is 1. The summed E-state index contributed by atoms with van der Waals surface area (Å²) >= 11 is 6.00. The van der Waals surface area contributed by atoms with Crippen molar-refractivity contribution in [3.63, 3.8) is 0 Å². The topological polar surface area (TPSA) is 61.9 Å². The lowest BCUT2D eigenvalue weighted by Crippen LogP contribution is -2.48. The number of nitrogens with one attached hydrogen (secondary N) is 1. The van der Waals surface area contributed by atoms with E-state index in [1.54, 1.807) is 4.31 Å². The van der Waals surface area contributed by atoms with Crippen molar-refractivity contribution in [2.45, 2.75) is 25.3 Å². The van der Waals surface area contributed by atoms with Gasteiger partial charge in [-0.2, -0.15) is 12.7 Å². The van der Waals surface area contributed by atoms with Gasteiger partial charge >= 0.3 is 0 Å². The molecule has 140 valence electrons. The fraction of sp³-hybridized carbons (Fsp3) is 0.647. The molecule has 2 fully saturated rings. The zero-order valence-corrected chi connectivity index (χ0v) is 15.9. The molecule has 0 radical (unpaired) electrons. The van der Waals surface area contributed by atoms with E-state index in [4.69, 9.17) is 16.3 Å².